The van der Waals surface area contributed by atoms with E-state index in [0.29, 0.717) is 24.7 Å². The van der Waals surface area contributed by atoms with Crippen LogP contribution in [-0.2, 0) is 4.79 Å². The van der Waals surface area contributed by atoms with E-state index in [2.05, 4.69) is 0 Å². The summed E-state index contributed by atoms with van der Waals surface area (Å²) in [5.74, 6) is 1.34. The van der Waals surface area contributed by atoms with Gasteiger partial charge in [0.2, 0.25) is 0 Å². The summed E-state index contributed by atoms with van der Waals surface area (Å²) in [6, 6.07) is 0. The van der Waals surface area contributed by atoms with Crippen LogP contribution < -0.4 is 0 Å². The van der Waals surface area contributed by atoms with Crippen molar-refractivity contribution in [3.63, 3.8) is 0 Å². The van der Waals surface area contributed by atoms with Gasteiger partial charge in [-0.05, 0) is 31.6 Å². The lowest BCUT2D eigenvalue weighted by Gasteiger charge is -2.25. The molecular weight excluding hydrogens is 128 g/mol. The molecule has 0 spiro atoms. The normalized spacial score (nSPS) is 52.4. The van der Waals surface area contributed by atoms with Crippen molar-refractivity contribution in [1.82, 2.24) is 0 Å². The molecule has 10 heavy (non-hydrogen) atoms. The van der Waals surface area contributed by atoms with Crippen LogP contribution in [0.1, 0.15) is 26.2 Å². The molecule has 2 aliphatic rings. The molecule has 0 radical (unpaired) electrons. The fraction of sp³-hybridized carbons (Fsp3) is 0.875. The third-order valence-electron chi connectivity index (χ3n) is 2.78. The van der Waals surface area contributed by atoms with Crippen molar-refractivity contribution in [1.29, 1.82) is 0 Å². The highest BCUT2D eigenvalue weighted by atomic mass is 16.3. The van der Waals surface area contributed by atoms with Gasteiger partial charge in [0, 0.05) is 6.42 Å². The van der Waals surface area contributed by atoms with Crippen molar-refractivity contribution in [2.24, 2.45) is 11.8 Å². The summed E-state index contributed by atoms with van der Waals surface area (Å²) in [4.78, 5) is 11.1. The van der Waals surface area contributed by atoms with Gasteiger partial charge in [-0.2, -0.15) is 0 Å². The first kappa shape index (κ1) is 6.35. The summed E-state index contributed by atoms with van der Waals surface area (Å²) in [5.41, 5.74) is -0.988. The van der Waals surface area contributed by atoms with Crippen LogP contribution in [0.4, 0.5) is 0 Å². The third kappa shape index (κ3) is 0.788. The van der Waals surface area contributed by atoms with Crippen LogP contribution in [-0.4, -0.2) is 16.5 Å². The predicted octanol–water partition coefficient (Wildman–Crippen LogP) is 0.736. The molecule has 1 N–H and O–H groups in total. The third-order valence-corrected chi connectivity index (χ3v) is 2.78. The quantitative estimate of drug-likeness (QED) is 0.538. The summed E-state index contributed by atoms with van der Waals surface area (Å²) >= 11 is 0. The molecule has 0 amide bonds. The summed E-state index contributed by atoms with van der Waals surface area (Å²) in [6.07, 6.45) is 2.50. The number of rotatable bonds is 0. The minimum Gasteiger partial charge on any atom is -0.382 e. The number of hydrogen-bond acceptors (Lipinski definition) is 2. The van der Waals surface area contributed by atoms with Crippen molar-refractivity contribution < 1.29 is 9.90 Å². The SMILES string of the molecule is CC1(O)CC2CC2CC1=O. The molecule has 0 heterocycles. The summed E-state index contributed by atoms with van der Waals surface area (Å²) in [5, 5.41) is 9.49. The van der Waals surface area contributed by atoms with Crippen molar-refractivity contribution in [3.8, 4) is 0 Å². The van der Waals surface area contributed by atoms with Crippen LogP contribution in [0.25, 0.3) is 0 Å². The van der Waals surface area contributed by atoms with E-state index in [9.17, 15) is 9.90 Å². The Hall–Kier alpha value is -0.370. The van der Waals surface area contributed by atoms with Crippen LogP contribution >= 0.6 is 0 Å². The van der Waals surface area contributed by atoms with Gasteiger partial charge in [-0.25, -0.2) is 0 Å². The number of fused-ring (bicyclic) bond motifs is 1. The number of carbonyl (C=O) groups excluding carboxylic acids is 1. The van der Waals surface area contributed by atoms with E-state index in [0.717, 1.165) is 0 Å². The molecule has 3 unspecified atom stereocenters. The maximum absolute atomic E-state index is 11.1. The van der Waals surface area contributed by atoms with E-state index in [1.807, 2.05) is 0 Å². The van der Waals surface area contributed by atoms with Gasteiger partial charge in [0.05, 0.1) is 0 Å². The second-order valence-electron chi connectivity index (χ2n) is 3.86. The molecule has 3 atom stereocenters. The lowest BCUT2D eigenvalue weighted by molar-refractivity contribution is -0.139. The Morgan fingerprint density at radius 2 is 2.30 bits per heavy atom. The van der Waals surface area contributed by atoms with Gasteiger partial charge in [-0.1, -0.05) is 0 Å². The first-order valence-electron chi connectivity index (χ1n) is 3.85. The molecule has 2 nitrogen and oxygen atoms in total. The van der Waals surface area contributed by atoms with E-state index < -0.39 is 5.60 Å². The predicted molar refractivity (Wildman–Crippen MR) is 36.5 cm³/mol. The molecule has 0 saturated heterocycles. The highest BCUT2D eigenvalue weighted by Crippen LogP contribution is 2.50. The van der Waals surface area contributed by atoms with Gasteiger partial charge in [-0.3, -0.25) is 4.79 Å². The molecule has 0 aliphatic heterocycles. The highest BCUT2D eigenvalue weighted by molar-refractivity contribution is 5.88. The second kappa shape index (κ2) is 1.62. The monoisotopic (exact) mass is 140 g/mol. The topological polar surface area (TPSA) is 37.3 Å². The van der Waals surface area contributed by atoms with Gasteiger partial charge < -0.3 is 5.11 Å². The van der Waals surface area contributed by atoms with Crippen molar-refractivity contribution in [2.75, 3.05) is 0 Å². The molecule has 2 aliphatic carbocycles. The van der Waals surface area contributed by atoms with E-state index in [1.54, 1.807) is 6.92 Å². The fourth-order valence-electron chi connectivity index (χ4n) is 1.89. The first-order valence-corrected chi connectivity index (χ1v) is 3.85. The largest absolute Gasteiger partial charge is 0.382 e. The Labute approximate surface area is 60.2 Å². The maximum atomic E-state index is 11.1. The number of Topliss-reactive ketones (excluding diaryl/α,β-unsaturated/α-hetero) is 1. The van der Waals surface area contributed by atoms with Crippen LogP contribution in [0.2, 0.25) is 0 Å². The van der Waals surface area contributed by atoms with E-state index >= 15 is 0 Å². The van der Waals surface area contributed by atoms with Crippen LogP contribution in [0.15, 0.2) is 0 Å². The average molecular weight is 140 g/mol. The molecule has 0 aromatic rings. The van der Waals surface area contributed by atoms with Gasteiger partial charge >= 0.3 is 0 Å². The van der Waals surface area contributed by atoms with Crippen molar-refractivity contribution >= 4 is 5.78 Å². The zero-order valence-corrected chi connectivity index (χ0v) is 6.13. The van der Waals surface area contributed by atoms with Gasteiger partial charge in [-0.15, -0.1) is 0 Å². The van der Waals surface area contributed by atoms with Crippen LogP contribution in [0.5, 0.6) is 0 Å². The number of ketones is 1. The number of carbonyl (C=O) groups is 1. The highest BCUT2D eigenvalue weighted by Gasteiger charge is 2.50. The lowest BCUT2D eigenvalue weighted by atomic mass is 9.85. The molecule has 0 aromatic heterocycles. The maximum Gasteiger partial charge on any atom is 0.164 e. The molecule has 2 heteroatoms. The molecule has 2 rings (SSSR count). The van der Waals surface area contributed by atoms with E-state index in [1.165, 1.54) is 6.42 Å². The van der Waals surface area contributed by atoms with E-state index in [-0.39, 0.29) is 5.78 Å². The van der Waals surface area contributed by atoms with Gasteiger partial charge in [0.25, 0.3) is 0 Å². The van der Waals surface area contributed by atoms with Crippen LogP contribution in [0, 0.1) is 11.8 Å². The van der Waals surface area contributed by atoms with Gasteiger partial charge in [0.1, 0.15) is 5.60 Å². The Bertz CT molecular complexity index is 184. The Morgan fingerprint density at radius 3 is 2.90 bits per heavy atom. The fourth-order valence-corrected chi connectivity index (χ4v) is 1.89. The van der Waals surface area contributed by atoms with Gasteiger partial charge in [0.15, 0.2) is 5.78 Å². The molecule has 2 saturated carbocycles. The number of aliphatic hydroxyl groups is 1. The van der Waals surface area contributed by atoms with Crippen LogP contribution in [0.3, 0.4) is 0 Å². The molecule has 56 valence electrons. The Balaban J connectivity index is 2.15. The Morgan fingerprint density at radius 1 is 1.60 bits per heavy atom. The minimum atomic E-state index is -0.988. The lowest BCUT2D eigenvalue weighted by Crippen LogP contribution is -2.38. The summed E-state index contributed by atoms with van der Waals surface area (Å²) in [6.45, 7) is 1.64. The average Bonchev–Trinajstić information content (AvgIpc) is 2.44. The molecule has 0 aromatic carbocycles. The molecular formula is C8H12O2. The molecule has 0 bridgehead atoms. The smallest absolute Gasteiger partial charge is 0.164 e. The minimum absolute atomic E-state index is 0.0475. The standard InChI is InChI=1S/C8H12O2/c1-8(10)4-6-2-5(6)3-7(8)9/h5-6,10H,2-4H2,1H3. The van der Waals surface area contributed by atoms with E-state index in [4.69, 9.17) is 0 Å². The summed E-state index contributed by atoms with van der Waals surface area (Å²) < 4.78 is 0. The second-order valence-corrected chi connectivity index (χ2v) is 3.86. The number of hydrogen-bond donors (Lipinski definition) is 1. The first-order chi connectivity index (χ1) is 4.59. The summed E-state index contributed by atoms with van der Waals surface area (Å²) in [7, 11) is 0. The molecule has 2 fully saturated rings. The zero-order chi connectivity index (χ0) is 7.35. The zero-order valence-electron chi connectivity index (χ0n) is 6.13. The van der Waals surface area contributed by atoms with Crippen molar-refractivity contribution in [3.05, 3.63) is 0 Å². The van der Waals surface area contributed by atoms with Crippen molar-refractivity contribution in [2.45, 2.75) is 31.8 Å². The Kier molecular flexibility index (Phi) is 1.03.